The van der Waals surface area contributed by atoms with E-state index in [-0.39, 0.29) is 61.0 Å². The van der Waals surface area contributed by atoms with Crippen molar-refractivity contribution >= 4 is 46.9 Å². The predicted molar refractivity (Wildman–Crippen MR) is 206 cm³/mol. The van der Waals surface area contributed by atoms with Crippen molar-refractivity contribution in [2.75, 3.05) is 25.0 Å². The average Bonchev–Trinajstić information content (AvgIpc) is 3.70. The monoisotopic (exact) mass is 791 g/mol. The van der Waals surface area contributed by atoms with E-state index in [2.05, 4.69) is 47.0 Å². The van der Waals surface area contributed by atoms with Crippen LogP contribution >= 0.6 is 11.3 Å². The molecule has 5 heterocycles. The molecule has 1 saturated heterocycles. The molecule has 3 aromatic heterocycles. The molecule has 0 spiro atoms. The minimum absolute atomic E-state index is 0.0450. The van der Waals surface area contributed by atoms with E-state index in [1.807, 2.05) is 17.8 Å². The van der Waals surface area contributed by atoms with Crippen molar-refractivity contribution in [3.05, 3.63) is 45.3 Å². The number of imide groups is 1. The van der Waals surface area contributed by atoms with E-state index in [0.29, 0.717) is 42.8 Å². The zero-order chi connectivity index (χ0) is 39.2. The molecular weight excluding hydrogens is 742 g/mol. The summed E-state index contributed by atoms with van der Waals surface area (Å²) in [7, 11) is 1.89. The van der Waals surface area contributed by atoms with Gasteiger partial charge in [0, 0.05) is 61.3 Å². The van der Waals surface area contributed by atoms with Gasteiger partial charge in [-0.1, -0.05) is 0 Å². The lowest BCUT2D eigenvalue weighted by Gasteiger charge is -2.29. The Kier molecular flexibility index (Phi) is 12.5. The van der Waals surface area contributed by atoms with Crippen LogP contribution in [0.25, 0.3) is 11.3 Å². The van der Waals surface area contributed by atoms with Crippen molar-refractivity contribution in [3.8, 4) is 11.3 Å². The van der Waals surface area contributed by atoms with Crippen LogP contribution in [0.1, 0.15) is 96.4 Å². The molecule has 7 rings (SSSR count). The van der Waals surface area contributed by atoms with E-state index in [0.717, 1.165) is 73.1 Å². The average molecular weight is 792 g/mol. The molecule has 2 saturated carbocycles. The molecule has 0 radical (unpaired) electrons. The number of rotatable bonds is 17. The number of aryl methyl sites for hydroxylation is 1. The van der Waals surface area contributed by atoms with Crippen LogP contribution in [-0.4, -0.2) is 92.1 Å². The van der Waals surface area contributed by atoms with Crippen LogP contribution in [0.15, 0.2) is 18.5 Å². The molecule has 6 N–H and O–H groups in total. The third kappa shape index (κ3) is 9.87. The topological polar surface area (TPSA) is 204 Å². The molecule has 4 aliphatic rings. The lowest BCUT2D eigenvalue weighted by atomic mass is 9.91. The van der Waals surface area contributed by atoms with Crippen LogP contribution in [-0.2, 0) is 40.9 Å². The van der Waals surface area contributed by atoms with Crippen LogP contribution in [0.5, 0.6) is 0 Å². The standard InChI is InChI=1S/C38H50FN11O5S/c1-49-30(15-22-5-6-22)27(18-45-49)33-28(39)19-43-37(48-33)46-25-9-7-24(8-10-25)42-20-32(52)40-13-3-2-4-14-41-38(55)44-17-26-16-23-21-50(36(54)34(23)56-26)29-11-12-31(51)47-35(29)53/h16,18-19,22,24-25,29,42H,2-15,17,20-21H2,1H3,(H,40,52)(H2,41,44,55)(H,43,46,48)(H,47,51,53)/t24-,25-,29?. The normalized spacial score (nSPS) is 20.8. The lowest BCUT2D eigenvalue weighted by molar-refractivity contribution is -0.137. The van der Waals surface area contributed by atoms with Crippen molar-refractivity contribution in [3.63, 3.8) is 0 Å². The van der Waals surface area contributed by atoms with Crippen molar-refractivity contribution < 1.29 is 28.4 Å². The van der Waals surface area contributed by atoms with Gasteiger partial charge in [-0.25, -0.2) is 19.2 Å². The SMILES string of the molecule is Cn1ncc(-c2nc(N[C@H]3CC[C@H](NCC(=O)NCCCCCNC(=O)NCc4cc5c(s4)C(=O)N(C4CCC(=O)NC4=O)C5)CC3)ncc2F)c1CC1CC1. The van der Waals surface area contributed by atoms with Gasteiger partial charge in [0.1, 0.15) is 11.7 Å². The van der Waals surface area contributed by atoms with E-state index in [1.165, 1.54) is 35.3 Å². The van der Waals surface area contributed by atoms with Crippen molar-refractivity contribution in [1.82, 2.24) is 51.2 Å². The van der Waals surface area contributed by atoms with Crippen LogP contribution in [0.4, 0.5) is 15.1 Å². The van der Waals surface area contributed by atoms with Gasteiger partial charge < -0.3 is 31.5 Å². The second-order valence-electron chi connectivity index (χ2n) is 15.2. The first-order valence-electron chi connectivity index (χ1n) is 19.7. The molecule has 6 amide bonds. The zero-order valence-corrected chi connectivity index (χ0v) is 32.4. The molecule has 300 valence electrons. The zero-order valence-electron chi connectivity index (χ0n) is 31.6. The van der Waals surface area contributed by atoms with Crippen LogP contribution in [0, 0.1) is 11.7 Å². The molecule has 0 bridgehead atoms. The number of aromatic nitrogens is 4. The summed E-state index contributed by atoms with van der Waals surface area (Å²) in [5.41, 5.74) is 2.84. The molecule has 3 aromatic rings. The maximum atomic E-state index is 14.8. The lowest BCUT2D eigenvalue weighted by Crippen LogP contribution is -2.52. The predicted octanol–water partition coefficient (Wildman–Crippen LogP) is 2.89. The number of anilines is 1. The number of halogens is 1. The highest BCUT2D eigenvalue weighted by Gasteiger charge is 2.40. The number of unbranched alkanes of at least 4 members (excludes halogenated alkanes) is 2. The summed E-state index contributed by atoms with van der Waals surface area (Å²) >= 11 is 1.31. The Morgan fingerprint density at radius 3 is 2.48 bits per heavy atom. The van der Waals surface area contributed by atoms with E-state index < -0.39 is 17.8 Å². The van der Waals surface area contributed by atoms with E-state index in [1.54, 1.807) is 6.20 Å². The molecule has 56 heavy (non-hydrogen) atoms. The molecule has 0 aromatic carbocycles. The highest BCUT2D eigenvalue weighted by Crippen LogP contribution is 2.36. The summed E-state index contributed by atoms with van der Waals surface area (Å²) in [5.74, 6) is -0.418. The van der Waals surface area contributed by atoms with E-state index >= 15 is 0 Å². The first-order valence-corrected chi connectivity index (χ1v) is 20.5. The van der Waals surface area contributed by atoms with Crippen LogP contribution in [0.2, 0.25) is 0 Å². The number of hydrogen-bond donors (Lipinski definition) is 6. The van der Waals surface area contributed by atoms with E-state index in [4.69, 9.17) is 0 Å². The maximum Gasteiger partial charge on any atom is 0.315 e. The molecule has 1 unspecified atom stereocenters. The second-order valence-corrected chi connectivity index (χ2v) is 16.4. The first kappa shape index (κ1) is 39.3. The summed E-state index contributed by atoms with van der Waals surface area (Å²) < 4.78 is 16.7. The summed E-state index contributed by atoms with van der Waals surface area (Å²) in [5, 5.41) is 22.1. The van der Waals surface area contributed by atoms with Gasteiger partial charge in [0.15, 0.2) is 5.82 Å². The largest absolute Gasteiger partial charge is 0.355 e. The van der Waals surface area contributed by atoms with Gasteiger partial charge >= 0.3 is 6.03 Å². The molecule has 1 atom stereocenters. The second kappa shape index (κ2) is 17.9. The fourth-order valence-corrected chi connectivity index (χ4v) is 8.69. The number of piperidine rings is 1. The molecule has 18 heteroatoms. The number of nitrogens with zero attached hydrogens (tertiary/aromatic N) is 5. The van der Waals surface area contributed by atoms with Gasteiger partial charge in [-0.15, -0.1) is 11.3 Å². The Bertz CT molecular complexity index is 1940. The number of thiophene rings is 1. The number of amides is 6. The van der Waals surface area contributed by atoms with Gasteiger partial charge in [0.25, 0.3) is 5.91 Å². The summed E-state index contributed by atoms with van der Waals surface area (Å²) in [6.45, 7) is 1.91. The highest BCUT2D eigenvalue weighted by molar-refractivity contribution is 7.14. The minimum Gasteiger partial charge on any atom is -0.355 e. The molecule has 2 aliphatic carbocycles. The third-order valence-corrected chi connectivity index (χ3v) is 12.1. The summed E-state index contributed by atoms with van der Waals surface area (Å²) in [4.78, 5) is 73.0. The Hall–Kier alpha value is -4.97. The first-order chi connectivity index (χ1) is 27.1. The number of fused-ring (bicyclic) bond motifs is 1. The number of urea groups is 1. The number of carbonyl (C=O) groups excluding carboxylic acids is 5. The van der Waals surface area contributed by atoms with E-state index in [9.17, 15) is 28.4 Å². The van der Waals surface area contributed by atoms with Gasteiger partial charge in [0.2, 0.25) is 23.7 Å². The molecular formula is C38H50FN11O5S. The minimum atomic E-state index is -0.641. The molecule has 2 aliphatic heterocycles. The van der Waals surface area contributed by atoms with Gasteiger partial charge in [-0.05, 0) is 88.2 Å². The Morgan fingerprint density at radius 1 is 0.964 bits per heavy atom. The molecule has 3 fully saturated rings. The van der Waals surface area contributed by atoms with Gasteiger partial charge in [-0.2, -0.15) is 5.10 Å². The Balaban J connectivity index is 0.714. The Morgan fingerprint density at radius 2 is 1.73 bits per heavy atom. The number of carbonyl (C=O) groups is 5. The van der Waals surface area contributed by atoms with Crippen molar-refractivity contribution in [2.24, 2.45) is 13.0 Å². The summed E-state index contributed by atoms with van der Waals surface area (Å²) in [6, 6.07) is 1.34. The Labute approximate surface area is 328 Å². The van der Waals surface area contributed by atoms with Gasteiger partial charge in [-0.3, -0.25) is 29.2 Å². The van der Waals surface area contributed by atoms with Crippen molar-refractivity contribution in [1.29, 1.82) is 0 Å². The smallest absolute Gasteiger partial charge is 0.315 e. The summed E-state index contributed by atoms with van der Waals surface area (Å²) in [6.07, 6.45) is 12.7. The van der Waals surface area contributed by atoms with Crippen LogP contribution < -0.4 is 31.9 Å². The number of hydrogen-bond acceptors (Lipinski definition) is 11. The van der Waals surface area contributed by atoms with Crippen molar-refractivity contribution in [2.45, 2.75) is 108 Å². The van der Waals surface area contributed by atoms with Crippen LogP contribution in [0.3, 0.4) is 0 Å². The maximum absolute atomic E-state index is 14.8. The quantitative estimate of drug-likeness (QED) is 0.0872. The highest BCUT2D eigenvalue weighted by atomic mass is 32.1. The van der Waals surface area contributed by atoms with Gasteiger partial charge in [0.05, 0.1) is 30.4 Å². The fourth-order valence-electron chi connectivity index (χ4n) is 7.62. The fraction of sp³-hybridized carbons (Fsp3) is 0.579. The number of nitrogens with one attached hydrogen (secondary N) is 6. The molecule has 16 nitrogen and oxygen atoms in total. The third-order valence-electron chi connectivity index (χ3n) is 11.0.